The van der Waals surface area contributed by atoms with Gasteiger partial charge in [0.2, 0.25) is 5.91 Å². The molecule has 0 aromatic rings. The van der Waals surface area contributed by atoms with Crippen molar-refractivity contribution in [2.75, 3.05) is 19.6 Å². The first kappa shape index (κ1) is 12.2. The van der Waals surface area contributed by atoms with Crippen LogP contribution >= 0.6 is 0 Å². The minimum atomic E-state index is -0.297. The maximum Gasteiger partial charge on any atom is 0.231 e. The fourth-order valence-corrected chi connectivity index (χ4v) is 2.10. The van der Waals surface area contributed by atoms with Gasteiger partial charge >= 0.3 is 0 Å². The lowest BCUT2D eigenvalue weighted by Gasteiger charge is -2.19. The molecule has 0 saturated heterocycles. The largest absolute Gasteiger partial charge is 0.369 e. The van der Waals surface area contributed by atoms with Gasteiger partial charge in [-0.05, 0) is 32.4 Å². The number of carbonyl (C=O) groups is 2. The lowest BCUT2D eigenvalue weighted by Crippen LogP contribution is -2.35. The van der Waals surface area contributed by atoms with Crippen LogP contribution in [0.4, 0.5) is 0 Å². The molecule has 0 heterocycles. The number of ketones is 1. The quantitative estimate of drug-likeness (QED) is 0.699. The van der Waals surface area contributed by atoms with Crippen molar-refractivity contribution >= 4 is 11.7 Å². The van der Waals surface area contributed by atoms with Crippen molar-refractivity contribution in [3.8, 4) is 0 Å². The van der Waals surface area contributed by atoms with Crippen LogP contribution in [0, 0.1) is 5.92 Å². The number of Topliss-reactive ketones (excluding diaryl/α,β-unsaturated/α-hetero) is 1. The second kappa shape index (κ2) is 5.85. The second-order valence-corrected chi connectivity index (χ2v) is 4.18. The SMILES string of the molecule is CCN(CCC1CCCC1=O)CC(N)=O. The molecule has 0 bridgehead atoms. The predicted octanol–water partition coefficient (Wildman–Crippen LogP) is 0.553. The van der Waals surface area contributed by atoms with Gasteiger partial charge in [-0.1, -0.05) is 6.92 Å². The number of carbonyl (C=O) groups excluding carboxylic acids is 2. The summed E-state index contributed by atoms with van der Waals surface area (Å²) < 4.78 is 0. The van der Waals surface area contributed by atoms with Crippen molar-refractivity contribution < 1.29 is 9.59 Å². The third kappa shape index (κ3) is 4.00. The number of nitrogens with two attached hydrogens (primary N) is 1. The molecule has 4 nitrogen and oxygen atoms in total. The molecule has 1 unspecified atom stereocenters. The van der Waals surface area contributed by atoms with Crippen molar-refractivity contribution in [2.24, 2.45) is 11.7 Å². The van der Waals surface area contributed by atoms with Crippen LogP contribution in [0.1, 0.15) is 32.6 Å². The summed E-state index contributed by atoms with van der Waals surface area (Å²) in [5.41, 5.74) is 5.13. The van der Waals surface area contributed by atoms with Crippen LogP contribution in [0.5, 0.6) is 0 Å². The number of hydrogen-bond acceptors (Lipinski definition) is 3. The average Bonchev–Trinajstić information content (AvgIpc) is 2.58. The van der Waals surface area contributed by atoms with Crippen molar-refractivity contribution in [1.82, 2.24) is 4.90 Å². The summed E-state index contributed by atoms with van der Waals surface area (Å²) in [6.45, 7) is 3.91. The summed E-state index contributed by atoms with van der Waals surface area (Å²) in [4.78, 5) is 24.1. The Morgan fingerprint density at radius 1 is 1.60 bits per heavy atom. The van der Waals surface area contributed by atoms with Crippen LogP contribution in [0.25, 0.3) is 0 Å². The maximum absolute atomic E-state index is 11.4. The number of amides is 1. The van der Waals surface area contributed by atoms with Crippen molar-refractivity contribution in [2.45, 2.75) is 32.6 Å². The molecule has 0 radical (unpaired) electrons. The van der Waals surface area contributed by atoms with E-state index in [0.29, 0.717) is 12.3 Å². The van der Waals surface area contributed by atoms with Gasteiger partial charge in [-0.15, -0.1) is 0 Å². The molecule has 2 N–H and O–H groups in total. The molecule has 1 rings (SSSR count). The Balaban J connectivity index is 2.27. The van der Waals surface area contributed by atoms with Crippen molar-refractivity contribution in [3.63, 3.8) is 0 Å². The standard InChI is InChI=1S/C11H20N2O2/c1-2-13(8-11(12)15)7-6-9-4-3-5-10(9)14/h9H,2-8H2,1H3,(H2,12,15). The first-order chi connectivity index (χ1) is 7.13. The van der Waals surface area contributed by atoms with Gasteiger partial charge in [-0.2, -0.15) is 0 Å². The molecule has 0 aromatic carbocycles. The van der Waals surface area contributed by atoms with Crippen LogP contribution < -0.4 is 5.73 Å². The molecule has 4 heteroatoms. The first-order valence-electron chi connectivity index (χ1n) is 5.66. The average molecular weight is 212 g/mol. The highest BCUT2D eigenvalue weighted by Crippen LogP contribution is 2.24. The highest BCUT2D eigenvalue weighted by Gasteiger charge is 2.24. The van der Waals surface area contributed by atoms with E-state index in [1.165, 1.54) is 0 Å². The molecule has 1 aliphatic rings. The molecule has 1 saturated carbocycles. The molecule has 0 aromatic heterocycles. The van der Waals surface area contributed by atoms with Gasteiger partial charge in [0.05, 0.1) is 6.54 Å². The van der Waals surface area contributed by atoms with E-state index in [4.69, 9.17) is 5.73 Å². The molecule has 1 atom stereocenters. The Hall–Kier alpha value is -0.900. The monoisotopic (exact) mass is 212 g/mol. The Morgan fingerprint density at radius 3 is 2.80 bits per heavy atom. The van der Waals surface area contributed by atoms with E-state index in [9.17, 15) is 9.59 Å². The third-order valence-corrected chi connectivity index (χ3v) is 3.05. The van der Waals surface area contributed by atoms with Gasteiger partial charge in [-0.25, -0.2) is 0 Å². The van der Waals surface area contributed by atoms with Gasteiger partial charge < -0.3 is 5.73 Å². The van der Waals surface area contributed by atoms with Crippen LogP contribution in [0.15, 0.2) is 0 Å². The van der Waals surface area contributed by atoms with Gasteiger partial charge in [0.25, 0.3) is 0 Å². The normalized spacial score (nSPS) is 21.2. The van der Waals surface area contributed by atoms with E-state index in [1.54, 1.807) is 0 Å². The molecule has 0 aliphatic heterocycles. The third-order valence-electron chi connectivity index (χ3n) is 3.05. The fraction of sp³-hybridized carbons (Fsp3) is 0.818. The van der Waals surface area contributed by atoms with E-state index in [1.807, 2.05) is 11.8 Å². The molecule has 0 spiro atoms. The van der Waals surface area contributed by atoms with Gasteiger partial charge in [0.1, 0.15) is 5.78 Å². The molecule has 1 fully saturated rings. The fourth-order valence-electron chi connectivity index (χ4n) is 2.10. The molecule has 15 heavy (non-hydrogen) atoms. The Bertz CT molecular complexity index is 241. The van der Waals surface area contributed by atoms with Crippen molar-refractivity contribution in [3.05, 3.63) is 0 Å². The summed E-state index contributed by atoms with van der Waals surface area (Å²) in [7, 11) is 0. The molecule has 86 valence electrons. The van der Waals surface area contributed by atoms with E-state index in [2.05, 4.69) is 0 Å². The van der Waals surface area contributed by atoms with Gasteiger partial charge in [0, 0.05) is 12.3 Å². The number of rotatable bonds is 6. The smallest absolute Gasteiger partial charge is 0.231 e. The first-order valence-corrected chi connectivity index (χ1v) is 5.66. The van der Waals surface area contributed by atoms with Crippen LogP contribution in [0.3, 0.4) is 0 Å². The molecular formula is C11H20N2O2. The summed E-state index contributed by atoms with van der Waals surface area (Å²) in [5.74, 6) is 0.326. The lowest BCUT2D eigenvalue weighted by molar-refractivity contribution is -0.120. The minimum Gasteiger partial charge on any atom is -0.369 e. The summed E-state index contributed by atoms with van der Waals surface area (Å²) >= 11 is 0. The predicted molar refractivity (Wildman–Crippen MR) is 58.3 cm³/mol. The molecule has 1 amide bonds. The Morgan fingerprint density at radius 2 is 2.33 bits per heavy atom. The maximum atomic E-state index is 11.4. The zero-order valence-electron chi connectivity index (χ0n) is 9.37. The van der Waals surface area contributed by atoms with E-state index in [-0.39, 0.29) is 11.8 Å². The highest BCUT2D eigenvalue weighted by molar-refractivity contribution is 5.82. The number of hydrogen-bond donors (Lipinski definition) is 1. The Kier molecular flexibility index (Phi) is 4.75. The number of likely N-dealkylation sites (N-methyl/N-ethyl adjacent to an activating group) is 1. The highest BCUT2D eigenvalue weighted by atomic mass is 16.1. The van der Waals surface area contributed by atoms with Crippen LogP contribution in [-0.4, -0.2) is 36.2 Å². The van der Waals surface area contributed by atoms with E-state index >= 15 is 0 Å². The van der Waals surface area contributed by atoms with Crippen molar-refractivity contribution in [1.29, 1.82) is 0 Å². The van der Waals surface area contributed by atoms with E-state index in [0.717, 1.165) is 38.8 Å². The second-order valence-electron chi connectivity index (χ2n) is 4.18. The molecule has 1 aliphatic carbocycles. The van der Waals surface area contributed by atoms with E-state index < -0.39 is 0 Å². The zero-order chi connectivity index (χ0) is 11.3. The Labute approximate surface area is 90.8 Å². The van der Waals surface area contributed by atoms with Gasteiger partial charge in [-0.3, -0.25) is 14.5 Å². The van der Waals surface area contributed by atoms with Crippen LogP contribution in [-0.2, 0) is 9.59 Å². The minimum absolute atomic E-state index is 0.229. The lowest BCUT2D eigenvalue weighted by atomic mass is 10.0. The summed E-state index contributed by atoms with van der Waals surface area (Å²) in [5, 5.41) is 0. The number of nitrogens with zero attached hydrogens (tertiary/aromatic N) is 1. The summed E-state index contributed by atoms with van der Waals surface area (Å²) in [6.07, 6.45) is 3.67. The number of primary amides is 1. The van der Waals surface area contributed by atoms with Crippen LogP contribution in [0.2, 0.25) is 0 Å². The topological polar surface area (TPSA) is 63.4 Å². The van der Waals surface area contributed by atoms with Gasteiger partial charge in [0.15, 0.2) is 0 Å². The summed E-state index contributed by atoms with van der Waals surface area (Å²) in [6, 6.07) is 0. The molecular weight excluding hydrogens is 192 g/mol. The zero-order valence-corrected chi connectivity index (χ0v) is 9.37.